The molecule has 0 radical (unpaired) electrons. The van der Waals surface area contributed by atoms with Crippen LogP contribution in [-0.4, -0.2) is 32.8 Å². The number of halogens is 1. The Morgan fingerprint density at radius 2 is 2.29 bits per heavy atom. The first kappa shape index (κ1) is 11.7. The Kier molecular flexibility index (Phi) is 3.48. The minimum Gasteiger partial charge on any atom is -0.463 e. The molecule has 0 atom stereocenters. The Bertz CT molecular complexity index is 523. The molecule has 0 bridgehead atoms. The van der Waals surface area contributed by atoms with E-state index in [1.807, 2.05) is 12.1 Å². The van der Waals surface area contributed by atoms with Crippen LogP contribution in [0.15, 0.2) is 29.1 Å². The molecule has 0 aliphatic rings. The Morgan fingerprint density at radius 3 is 2.94 bits per heavy atom. The summed E-state index contributed by atoms with van der Waals surface area (Å²) in [5.74, 6) is -0.503. The molecule has 0 fully saturated rings. The maximum Gasteiger partial charge on any atom is 0.377 e. The van der Waals surface area contributed by atoms with Gasteiger partial charge in [-0.3, -0.25) is 4.98 Å². The van der Waals surface area contributed by atoms with Crippen LogP contribution >= 0.6 is 15.9 Å². The van der Waals surface area contributed by atoms with E-state index < -0.39 is 5.97 Å². The van der Waals surface area contributed by atoms with Crippen molar-refractivity contribution in [3.05, 3.63) is 40.6 Å². The number of hydrogen-bond donors (Lipinski definition) is 0. The molecule has 6 nitrogen and oxygen atoms in total. The molecular weight excluding hydrogens is 288 g/mol. The van der Waals surface area contributed by atoms with Gasteiger partial charge in [0.2, 0.25) is 0 Å². The third kappa shape index (κ3) is 2.88. The van der Waals surface area contributed by atoms with E-state index in [-0.39, 0.29) is 5.82 Å². The van der Waals surface area contributed by atoms with Crippen molar-refractivity contribution in [3.63, 3.8) is 0 Å². The van der Waals surface area contributed by atoms with Crippen LogP contribution in [0, 0.1) is 0 Å². The first-order chi connectivity index (χ1) is 8.19. The summed E-state index contributed by atoms with van der Waals surface area (Å²) in [6.45, 7) is 0.456. The topological polar surface area (TPSA) is 69.9 Å². The molecule has 2 heterocycles. The van der Waals surface area contributed by atoms with Gasteiger partial charge in [-0.15, -0.1) is 5.10 Å². The van der Waals surface area contributed by atoms with Crippen molar-refractivity contribution in [2.24, 2.45) is 0 Å². The highest BCUT2D eigenvalue weighted by atomic mass is 79.9. The van der Waals surface area contributed by atoms with Crippen LogP contribution in [0.3, 0.4) is 0 Å². The molecule has 0 saturated carbocycles. The average Bonchev–Trinajstić information content (AvgIpc) is 2.80. The summed E-state index contributed by atoms with van der Waals surface area (Å²) in [5.41, 5.74) is 0.828. The summed E-state index contributed by atoms with van der Waals surface area (Å²) in [6, 6.07) is 3.75. The van der Waals surface area contributed by atoms with Crippen molar-refractivity contribution in [3.8, 4) is 0 Å². The van der Waals surface area contributed by atoms with Gasteiger partial charge >= 0.3 is 5.97 Å². The van der Waals surface area contributed by atoms with Crippen LogP contribution in [0.2, 0.25) is 0 Å². The molecule has 2 rings (SSSR count). The normalized spacial score (nSPS) is 10.2. The molecule has 0 unspecified atom stereocenters. The number of hydrogen-bond acceptors (Lipinski definition) is 5. The number of carbonyl (C=O) groups is 1. The van der Waals surface area contributed by atoms with E-state index in [2.05, 4.69) is 35.7 Å². The van der Waals surface area contributed by atoms with Crippen molar-refractivity contribution < 1.29 is 9.53 Å². The Labute approximate surface area is 106 Å². The van der Waals surface area contributed by atoms with Gasteiger partial charge in [0.05, 0.1) is 19.3 Å². The molecule has 2 aromatic rings. The second kappa shape index (κ2) is 5.05. The quantitative estimate of drug-likeness (QED) is 0.798. The number of pyridine rings is 1. The zero-order chi connectivity index (χ0) is 12.3. The minimum absolute atomic E-state index is 0.0459. The van der Waals surface area contributed by atoms with Crippen LogP contribution in [0.4, 0.5) is 0 Å². The lowest BCUT2D eigenvalue weighted by molar-refractivity contribution is 0.0586. The number of methoxy groups -OCH3 is 1. The van der Waals surface area contributed by atoms with Gasteiger partial charge in [0.25, 0.3) is 5.82 Å². The summed E-state index contributed by atoms with van der Waals surface area (Å²) < 4.78 is 6.96. The summed E-state index contributed by atoms with van der Waals surface area (Å²) >= 11 is 3.30. The first-order valence-corrected chi connectivity index (χ1v) is 5.56. The van der Waals surface area contributed by atoms with E-state index in [0.29, 0.717) is 6.54 Å². The number of nitrogens with zero attached hydrogens (tertiary/aromatic N) is 4. The Balaban J connectivity index is 2.11. The highest BCUT2D eigenvalue weighted by Crippen LogP contribution is 2.08. The van der Waals surface area contributed by atoms with Gasteiger partial charge in [-0.05, 0) is 28.1 Å². The number of rotatable bonds is 3. The van der Waals surface area contributed by atoms with Gasteiger partial charge in [0.15, 0.2) is 0 Å². The van der Waals surface area contributed by atoms with Crippen molar-refractivity contribution in [1.29, 1.82) is 0 Å². The summed E-state index contributed by atoms with van der Waals surface area (Å²) in [6.07, 6.45) is 3.17. The summed E-state index contributed by atoms with van der Waals surface area (Å²) in [4.78, 5) is 19.2. The predicted molar refractivity (Wildman–Crippen MR) is 62.4 cm³/mol. The van der Waals surface area contributed by atoms with E-state index in [4.69, 9.17) is 0 Å². The van der Waals surface area contributed by atoms with E-state index >= 15 is 0 Å². The number of esters is 1. The average molecular weight is 297 g/mol. The van der Waals surface area contributed by atoms with Crippen LogP contribution in [0.1, 0.15) is 16.3 Å². The smallest absolute Gasteiger partial charge is 0.377 e. The summed E-state index contributed by atoms with van der Waals surface area (Å²) in [5, 5.41) is 3.98. The van der Waals surface area contributed by atoms with Crippen LogP contribution in [-0.2, 0) is 11.3 Å². The highest BCUT2D eigenvalue weighted by Gasteiger charge is 2.11. The molecule has 0 saturated heterocycles. The number of aromatic nitrogens is 4. The first-order valence-electron chi connectivity index (χ1n) is 4.77. The number of carbonyl (C=O) groups excluding carboxylic acids is 1. The van der Waals surface area contributed by atoms with Gasteiger partial charge in [-0.25, -0.2) is 14.5 Å². The zero-order valence-corrected chi connectivity index (χ0v) is 10.6. The van der Waals surface area contributed by atoms with Gasteiger partial charge in [-0.1, -0.05) is 0 Å². The monoisotopic (exact) mass is 296 g/mol. The molecule has 17 heavy (non-hydrogen) atoms. The molecule has 88 valence electrons. The van der Waals surface area contributed by atoms with E-state index in [9.17, 15) is 4.79 Å². The van der Waals surface area contributed by atoms with Gasteiger partial charge in [0, 0.05) is 10.7 Å². The lowest BCUT2D eigenvalue weighted by Gasteiger charge is -1.99. The molecule has 7 heteroatoms. The lowest BCUT2D eigenvalue weighted by atomic mass is 10.3. The van der Waals surface area contributed by atoms with Gasteiger partial charge < -0.3 is 4.74 Å². The molecule has 0 N–H and O–H groups in total. The van der Waals surface area contributed by atoms with Crippen molar-refractivity contribution >= 4 is 21.9 Å². The Hall–Kier alpha value is -1.76. The van der Waals surface area contributed by atoms with Crippen LogP contribution < -0.4 is 0 Å². The van der Waals surface area contributed by atoms with E-state index in [1.54, 1.807) is 6.20 Å². The lowest BCUT2D eigenvalue weighted by Crippen LogP contribution is -2.07. The molecule has 2 aromatic heterocycles. The molecule has 0 spiro atoms. The standard InChI is InChI=1S/C10H9BrN4O2/c1-17-10(16)9-13-6-15(14-9)5-8-3-2-7(11)4-12-8/h2-4,6H,5H2,1H3. The fourth-order valence-corrected chi connectivity index (χ4v) is 1.46. The van der Waals surface area contributed by atoms with Gasteiger partial charge in [0.1, 0.15) is 6.33 Å². The fourth-order valence-electron chi connectivity index (χ4n) is 1.22. The van der Waals surface area contributed by atoms with Gasteiger partial charge in [-0.2, -0.15) is 0 Å². The van der Waals surface area contributed by atoms with E-state index in [0.717, 1.165) is 10.2 Å². The minimum atomic E-state index is -0.549. The zero-order valence-electron chi connectivity index (χ0n) is 9.00. The van der Waals surface area contributed by atoms with E-state index in [1.165, 1.54) is 18.1 Å². The second-order valence-electron chi connectivity index (χ2n) is 3.23. The predicted octanol–water partition coefficient (Wildman–Crippen LogP) is 1.27. The maximum atomic E-state index is 11.1. The SMILES string of the molecule is COC(=O)c1ncn(Cc2ccc(Br)cn2)n1. The summed E-state index contributed by atoms with van der Waals surface area (Å²) in [7, 11) is 1.29. The molecule has 0 aliphatic carbocycles. The third-order valence-electron chi connectivity index (χ3n) is 2.02. The second-order valence-corrected chi connectivity index (χ2v) is 4.14. The largest absolute Gasteiger partial charge is 0.463 e. The van der Waals surface area contributed by atoms with Crippen molar-refractivity contribution in [2.75, 3.05) is 7.11 Å². The van der Waals surface area contributed by atoms with Crippen molar-refractivity contribution in [2.45, 2.75) is 6.54 Å². The highest BCUT2D eigenvalue weighted by molar-refractivity contribution is 9.10. The maximum absolute atomic E-state index is 11.1. The van der Waals surface area contributed by atoms with Crippen LogP contribution in [0.25, 0.3) is 0 Å². The molecular formula is C10H9BrN4O2. The van der Waals surface area contributed by atoms with Crippen LogP contribution in [0.5, 0.6) is 0 Å². The molecule has 0 amide bonds. The van der Waals surface area contributed by atoms with Crippen molar-refractivity contribution in [1.82, 2.24) is 19.7 Å². The fraction of sp³-hybridized carbons (Fsp3) is 0.200. The number of ether oxygens (including phenoxy) is 1. The molecule has 0 aromatic carbocycles. The third-order valence-corrected chi connectivity index (χ3v) is 2.49. The molecule has 0 aliphatic heterocycles. The Morgan fingerprint density at radius 1 is 1.47 bits per heavy atom.